The maximum absolute atomic E-state index is 12.1. The molecule has 0 N–H and O–H groups in total. The van der Waals surface area contributed by atoms with Crippen LogP contribution in [-0.4, -0.2) is 18.9 Å². The van der Waals surface area contributed by atoms with Crippen LogP contribution in [0, 0.1) is 0 Å². The van der Waals surface area contributed by atoms with E-state index < -0.39 is 0 Å². The summed E-state index contributed by atoms with van der Waals surface area (Å²) in [6.07, 6.45) is 1.92. The van der Waals surface area contributed by atoms with Crippen molar-refractivity contribution in [2.45, 2.75) is 20.4 Å². The first-order valence-corrected chi connectivity index (χ1v) is 7.48. The summed E-state index contributed by atoms with van der Waals surface area (Å²) >= 11 is 1.59. The number of carbonyl (C=O) groups is 1. The molecule has 0 saturated carbocycles. The summed E-state index contributed by atoms with van der Waals surface area (Å²) in [5.74, 6) is 0.148. The van der Waals surface area contributed by atoms with E-state index in [1.54, 1.807) is 11.3 Å². The average Bonchev–Trinajstić information content (AvgIpc) is 2.94. The molecule has 1 aromatic heterocycles. The van der Waals surface area contributed by atoms with Gasteiger partial charge in [-0.3, -0.25) is 4.79 Å². The van der Waals surface area contributed by atoms with Crippen LogP contribution in [0.3, 0.4) is 0 Å². The molecule has 108 valence electrons. The van der Waals surface area contributed by atoms with Gasteiger partial charge in [-0.2, -0.15) is 4.57 Å². The van der Waals surface area contributed by atoms with Gasteiger partial charge in [0, 0.05) is 24.3 Å². The van der Waals surface area contributed by atoms with Crippen LogP contribution in [0.1, 0.15) is 24.2 Å². The monoisotopic (exact) mass is 354 g/mol. The zero-order valence-corrected chi connectivity index (χ0v) is 14.2. The molecular formula is C15H19BrN2OS. The van der Waals surface area contributed by atoms with Gasteiger partial charge in [0.05, 0.1) is 5.38 Å². The smallest absolute Gasteiger partial charge is 0.227 e. The van der Waals surface area contributed by atoms with Crippen molar-refractivity contribution in [3.05, 3.63) is 46.9 Å². The molecule has 0 spiro atoms. The highest BCUT2D eigenvalue weighted by Gasteiger charge is 2.12. The van der Waals surface area contributed by atoms with Gasteiger partial charge in [0.1, 0.15) is 0 Å². The zero-order chi connectivity index (χ0) is 13.7. The van der Waals surface area contributed by atoms with Crippen LogP contribution in [-0.2, 0) is 6.54 Å². The number of rotatable bonds is 6. The van der Waals surface area contributed by atoms with Gasteiger partial charge in [0.2, 0.25) is 17.8 Å². The Morgan fingerprint density at radius 1 is 1.20 bits per heavy atom. The second kappa shape index (κ2) is 8.17. The Hall–Kier alpha value is -1.20. The number of benzene rings is 1. The first-order chi connectivity index (χ1) is 9.24. The Kier molecular flexibility index (Phi) is 6.88. The number of ketones is 1. The van der Waals surface area contributed by atoms with Gasteiger partial charge < -0.3 is 21.9 Å². The number of anilines is 1. The summed E-state index contributed by atoms with van der Waals surface area (Å²) in [7, 11) is 0. The van der Waals surface area contributed by atoms with Crippen LogP contribution < -0.4 is 26.4 Å². The summed E-state index contributed by atoms with van der Waals surface area (Å²) in [5.41, 5.74) is 3.89. The van der Waals surface area contributed by atoms with Crippen molar-refractivity contribution < 1.29 is 26.3 Å². The largest absolute Gasteiger partial charge is 1.00 e. The number of nitrogens with zero attached hydrogens (tertiary/aromatic N) is 2. The van der Waals surface area contributed by atoms with Gasteiger partial charge in [0.25, 0.3) is 0 Å². The molecule has 0 saturated heterocycles. The predicted molar refractivity (Wildman–Crippen MR) is 78.8 cm³/mol. The van der Waals surface area contributed by atoms with Crippen LogP contribution in [0.5, 0.6) is 0 Å². The number of carbonyl (C=O) groups excluding carboxylic acids is 1. The number of aromatic nitrogens is 1. The summed E-state index contributed by atoms with van der Waals surface area (Å²) in [6, 6.07) is 7.89. The number of Topliss-reactive ketones (excluding diaryl/α,β-unsaturated/α-hetero) is 1. The summed E-state index contributed by atoms with van der Waals surface area (Å²) in [4.78, 5) is 14.4. The second-order valence-electron chi connectivity index (χ2n) is 4.34. The van der Waals surface area contributed by atoms with Crippen LogP contribution in [0.4, 0.5) is 5.69 Å². The highest BCUT2D eigenvalue weighted by atomic mass is 79.9. The van der Waals surface area contributed by atoms with Gasteiger partial charge in [-0.1, -0.05) is 11.3 Å². The van der Waals surface area contributed by atoms with E-state index in [1.807, 2.05) is 45.9 Å². The Labute approximate surface area is 134 Å². The van der Waals surface area contributed by atoms with E-state index >= 15 is 0 Å². The summed E-state index contributed by atoms with van der Waals surface area (Å²) in [6.45, 7) is 6.64. The Balaban J connectivity index is 0.00000200. The van der Waals surface area contributed by atoms with E-state index in [4.69, 9.17) is 0 Å². The molecule has 20 heavy (non-hydrogen) atoms. The van der Waals surface area contributed by atoms with Crippen molar-refractivity contribution >= 4 is 22.8 Å². The van der Waals surface area contributed by atoms with Gasteiger partial charge in [-0.25, -0.2) is 0 Å². The zero-order valence-electron chi connectivity index (χ0n) is 11.8. The molecule has 1 aromatic carbocycles. The molecule has 0 aliphatic carbocycles. The molecule has 1 heterocycles. The third-order valence-electron chi connectivity index (χ3n) is 3.17. The van der Waals surface area contributed by atoms with Crippen molar-refractivity contribution in [2.75, 3.05) is 18.0 Å². The minimum atomic E-state index is 0. The van der Waals surface area contributed by atoms with Gasteiger partial charge in [0.15, 0.2) is 6.20 Å². The maximum atomic E-state index is 12.1. The van der Waals surface area contributed by atoms with Crippen molar-refractivity contribution in [1.82, 2.24) is 0 Å². The lowest BCUT2D eigenvalue weighted by atomic mass is 10.1. The summed E-state index contributed by atoms with van der Waals surface area (Å²) < 4.78 is 1.91. The number of hydrogen-bond donors (Lipinski definition) is 0. The fourth-order valence-corrected chi connectivity index (χ4v) is 2.65. The average molecular weight is 355 g/mol. The molecule has 0 amide bonds. The van der Waals surface area contributed by atoms with E-state index in [1.165, 1.54) is 5.69 Å². The maximum Gasteiger partial charge on any atom is 0.227 e. The van der Waals surface area contributed by atoms with Gasteiger partial charge in [-0.15, -0.1) is 0 Å². The van der Waals surface area contributed by atoms with Crippen molar-refractivity contribution in [2.24, 2.45) is 0 Å². The molecule has 0 aliphatic heterocycles. The Morgan fingerprint density at radius 2 is 1.85 bits per heavy atom. The second-order valence-corrected chi connectivity index (χ2v) is 5.10. The van der Waals surface area contributed by atoms with Gasteiger partial charge >= 0.3 is 0 Å². The predicted octanol–water partition coefficient (Wildman–Crippen LogP) is -0.231. The van der Waals surface area contributed by atoms with Crippen molar-refractivity contribution in [1.29, 1.82) is 0 Å². The number of halogens is 1. The molecule has 0 fully saturated rings. The SMILES string of the molecule is CCN(CC)c1ccc(C(=O)C[n+]2ccsc2)cc1.[Br-]. The normalized spacial score (nSPS) is 9.90. The lowest BCUT2D eigenvalue weighted by molar-refractivity contribution is -0.678. The van der Waals surface area contributed by atoms with Crippen LogP contribution in [0.2, 0.25) is 0 Å². The van der Waals surface area contributed by atoms with Crippen molar-refractivity contribution in [3.8, 4) is 0 Å². The molecule has 2 aromatic rings. The molecule has 0 radical (unpaired) electrons. The first-order valence-electron chi connectivity index (χ1n) is 6.54. The van der Waals surface area contributed by atoms with E-state index in [0.717, 1.165) is 18.7 Å². The van der Waals surface area contributed by atoms with E-state index in [9.17, 15) is 4.79 Å². The van der Waals surface area contributed by atoms with Crippen molar-refractivity contribution in [3.63, 3.8) is 0 Å². The molecule has 2 rings (SSSR count). The van der Waals surface area contributed by atoms with Crippen LogP contribution in [0.25, 0.3) is 0 Å². The minimum Gasteiger partial charge on any atom is -1.00 e. The number of thiazole rings is 1. The van der Waals surface area contributed by atoms with E-state index in [0.29, 0.717) is 6.54 Å². The van der Waals surface area contributed by atoms with Gasteiger partial charge in [-0.05, 0) is 38.1 Å². The lowest BCUT2D eigenvalue weighted by Crippen LogP contribution is -3.00. The highest BCUT2D eigenvalue weighted by Crippen LogP contribution is 2.15. The third-order valence-corrected chi connectivity index (χ3v) is 3.84. The molecule has 0 atom stereocenters. The van der Waals surface area contributed by atoms with Crippen LogP contribution >= 0.6 is 11.3 Å². The minimum absolute atomic E-state index is 0. The topological polar surface area (TPSA) is 24.2 Å². The third kappa shape index (κ3) is 4.15. The highest BCUT2D eigenvalue weighted by molar-refractivity contribution is 7.07. The fraction of sp³-hybridized carbons (Fsp3) is 0.333. The Bertz CT molecular complexity index is 521. The first kappa shape index (κ1) is 16.9. The van der Waals surface area contributed by atoms with E-state index in [-0.39, 0.29) is 22.8 Å². The quantitative estimate of drug-likeness (QED) is 0.528. The molecule has 0 bridgehead atoms. The lowest BCUT2D eigenvalue weighted by Gasteiger charge is -2.20. The number of hydrogen-bond acceptors (Lipinski definition) is 3. The van der Waals surface area contributed by atoms with Crippen LogP contribution in [0.15, 0.2) is 41.4 Å². The fourth-order valence-electron chi connectivity index (χ4n) is 2.06. The standard InChI is InChI=1S/C15H19N2OS.BrH/c1-3-17(4-2)14-7-5-13(6-8-14)15(18)11-16-9-10-19-12-16;/h5-10,12H,3-4,11H2,1-2H3;1H/q+1;/p-1. The van der Waals surface area contributed by atoms with E-state index in [2.05, 4.69) is 18.7 Å². The summed E-state index contributed by atoms with van der Waals surface area (Å²) in [5, 5.41) is 1.97. The Morgan fingerprint density at radius 3 is 2.35 bits per heavy atom. The molecule has 3 nitrogen and oxygen atoms in total. The molecule has 0 unspecified atom stereocenters. The molecule has 0 aliphatic rings. The molecule has 5 heteroatoms. The molecular weight excluding hydrogens is 336 g/mol.